The molecule has 3 nitrogen and oxygen atoms in total. The molecular weight excluding hydrogens is 271 g/mol. The molecule has 1 rings (SSSR count). The smallest absolute Gasteiger partial charge is 0.305 e. The van der Waals surface area contributed by atoms with E-state index in [0.717, 1.165) is 5.56 Å². The lowest BCUT2D eigenvalue weighted by Crippen LogP contribution is -2.11. The van der Waals surface area contributed by atoms with Crippen LogP contribution in [0, 0.1) is 0 Å². The van der Waals surface area contributed by atoms with Crippen molar-refractivity contribution < 1.29 is 13.6 Å². The summed E-state index contributed by atoms with van der Waals surface area (Å²) < 4.78 is 23.7. The molecule has 0 aliphatic carbocycles. The van der Waals surface area contributed by atoms with Gasteiger partial charge in [-0.25, -0.2) is 0 Å². The molecular formula is C13H20ClO3P. The van der Waals surface area contributed by atoms with Crippen LogP contribution < -0.4 is 0 Å². The molecule has 0 heterocycles. The quantitative estimate of drug-likeness (QED) is 0.548. The van der Waals surface area contributed by atoms with Crippen LogP contribution in [0.1, 0.15) is 38.4 Å². The van der Waals surface area contributed by atoms with Crippen molar-refractivity contribution in [3.63, 3.8) is 0 Å². The zero-order valence-electron chi connectivity index (χ0n) is 11.2. The van der Waals surface area contributed by atoms with Crippen LogP contribution in [0.15, 0.2) is 30.3 Å². The highest BCUT2D eigenvalue weighted by molar-refractivity contribution is 7.56. The van der Waals surface area contributed by atoms with Crippen molar-refractivity contribution in [2.24, 2.45) is 0 Å². The summed E-state index contributed by atoms with van der Waals surface area (Å²) in [6.07, 6.45) is -0.418. The second kappa shape index (κ2) is 6.72. The average Bonchev–Trinajstić information content (AvgIpc) is 2.27. The molecule has 0 saturated heterocycles. The lowest BCUT2D eigenvalue weighted by molar-refractivity contribution is 0.141. The summed E-state index contributed by atoms with van der Waals surface area (Å²) in [7, 11) is -3.38. The fourth-order valence-electron chi connectivity index (χ4n) is 1.51. The predicted molar refractivity (Wildman–Crippen MR) is 75.1 cm³/mol. The lowest BCUT2D eigenvalue weighted by Gasteiger charge is -2.26. The molecule has 0 aliphatic rings. The minimum atomic E-state index is -3.38. The lowest BCUT2D eigenvalue weighted by atomic mass is 10.2. The Morgan fingerprint density at radius 3 is 1.83 bits per heavy atom. The normalized spacial score (nSPS) is 14.2. The first-order chi connectivity index (χ1) is 8.35. The van der Waals surface area contributed by atoms with Gasteiger partial charge in [0.25, 0.3) is 0 Å². The highest BCUT2D eigenvalue weighted by atomic mass is 35.5. The Kier molecular flexibility index (Phi) is 5.87. The molecule has 0 aromatic heterocycles. The summed E-state index contributed by atoms with van der Waals surface area (Å²) in [5, 5.41) is -0.788. The molecule has 0 N–H and O–H groups in total. The monoisotopic (exact) mass is 290 g/mol. The van der Waals surface area contributed by atoms with Gasteiger partial charge in [0, 0.05) is 0 Å². The number of benzene rings is 1. The van der Waals surface area contributed by atoms with Gasteiger partial charge < -0.3 is 9.05 Å². The van der Waals surface area contributed by atoms with Gasteiger partial charge in [-0.3, -0.25) is 4.57 Å². The third kappa shape index (κ3) is 4.40. The van der Waals surface area contributed by atoms with Crippen molar-refractivity contribution in [1.29, 1.82) is 0 Å². The van der Waals surface area contributed by atoms with Gasteiger partial charge in [0.05, 0.1) is 12.2 Å². The molecule has 0 bridgehead atoms. The first-order valence-corrected chi connectivity index (χ1v) is 8.05. The van der Waals surface area contributed by atoms with Crippen LogP contribution >= 0.6 is 19.2 Å². The summed E-state index contributed by atoms with van der Waals surface area (Å²) in [6, 6.07) is 9.21. The standard InChI is InChI=1S/C13H20ClO3P/c1-10(2)16-18(15,17-11(3)4)13(14)12-8-6-5-7-9-12/h5-11,13H,1-4H3. The van der Waals surface area contributed by atoms with Crippen LogP contribution in [0.4, 0.5) is 0 Å². The van der Waals surface area contributed by atoms with Gasteiger partial charge in [0.1, 0.15) is 0 Å². The largest absolute Gasteiger partial charge is 0.353 e. The molecule has 102 valence electrons. The molecule has 0 aliphatic heterocycles. The van der Waals surface area contributed by atoms with Gasteiger partial charge in [-0.15, -0.1) is 11.6 Å². The zero-order valence-corrected chi connectivity index (χ0v) is 12.8. The van der Waals surface area contributed by atoms with E-state index in [1.165, 1.54) is 0 Å². The van der Waals surface area contributed by atoms with Crippen molar-refractivity contribution in [2.45, 2.75) is 45.0 Å². The maximum atomic E-state index is 12.8. The van der Waals surface area contributed by atoms with Crippen LogP contribution in [0.5, 0.6) is 0 Å². The third-order valence-corrected chi connectivity index (χ3v) is 5.32. The number of rotatable bonds is 6. The Morgan fingerprint density at radius 1 is 1.00 bits per heavy atom. The van der Waals surface area contributed by atoms with Gasteiger partial charge in [-0.1, -0.05) is 30.3 Å². The maximum absolute atomic E-state index is 12.8. The van der Waals surface area contributed by atoms with Gasteiger partial charge in [0.15, 0.2) is 5.12 Å². The summed E-state index contributed by atoms with van der Waals surface area (Å²) in [4.78, 5) is 0. The van der Waals surface area contributed by atoms with E-state index < -0.39 is 12.7 Å². The Bertz CT molecular complexity index is 392. The van der Waals surface area contributed by atoms with Gasteiger partial charge >= 0.3 is 7.60 Å². The van der Waals surface area contributed by atoms with E-state index in [-0.39, 0.29) is 12.2 Å². The van der Waals surface area contributed by atoms with Gasteiger partial charge in [-0.2, -0.15) is 0 Å². The van der Waals surface area contributed by atoms with Gasteiger partial charge in [-0.05, 0) is 33.3 Å². The molecule has 1 atom stereocenters. The molecule has 5 heteroatoms. The SMILES string of the molecule is CC(C)OP(=O)(OC(C)C)C(Cl)c1ccccc1. The molecule has 0 amide bonds. The van der Waals surface area contributed by atoms with E-state index in [9.17, 15) is 4.57 Å². The van der Waals surface area contributed by atoms with E-state index in [0.29, 0.717) is 0 Å². The minimum absolute atomic E-state index is 0.209. The number of hydrogen-bond donors (Lipinski definition) is 0. The van der Waals surface area contributed by atoms with E-state index in [1.807, 2.05) is 58.0 Å². The summed E-state index contributed by atoms with van der Waals surface area (Å²) >= 11 is 6.29. The third-order valence-electron chi connectivity index (χ3n) is 2.07. The fraction of sp³-hybridized carbons (Fsp3) is 0.538. The molecule has 0 saturated carbocycles. The first kappa shape index (κ1) is 15.7. The Hall–Kier alpha value is -0.340. The summed E-state index contributed by atoms with van der Waals surface area (Å²) in [6.45, 7) is 7.24. The van der Waals surface area contributed by atoms with Crippen molar-refractivity contribution in [1.82, 2.24) is 0 Å². The van der Waals surface area contributed by atoms with Crippen molar-refractivity contribution in [3.8, 4) is 0 Å². The Balaban J connectivity index is 2.99. The van der Waals surface area contributed by atoms with Crippen LogP contribution in [-0.2, 0) is 13.6 Å². The predicted octanol–water partition coefficient (Wildman–Crippen LogP) is 4.97. The number of halogens is 1. The van der Waals surface area contributed by atoms with E-state index >= 15 is 0 Å². The molecule has 18 heavy (non-hydrogen) atoms. The van der Waals surface area contributed by atoms with Crippen LogP contribution in [-0.4, -0.2) is 12.2 Å². The molecule has 1 aromatic carbocycles. The van der Waals surface area contributed by atoms with E-state index in [1.54, 1.807) is 0 Å². The molecule has 0 fully saturated rings. The van der Waals surface area contributed by atoms with E-state index in [4.69, 9.17) is 20.6 Å². The molecule has 0 radical (unpaired) electrons. The van der Waals surface area contributed by atoms with Crippen LogP contribution in [0.25, 0.3) is 0 Å². The second-order valence-corrected chi connectivity index (χ2v) is 7.35. The zero-order chi connectivity index (χ0) is 13.8. The average molecular weight is 291 g/mol. The minimum Gasteiger partial charge on any atom is -0.305 e. The summed E-state index contributed by atoms with van der Waals surface area (Å²) in [5.41, 5.74) is 0.740. The second-order valence-electron chi connectivity index (χ2n) is 4.59. The highest BCUT2D eigenvalue weighted by Gasteiger charge is 2.37. The number of alkyl halides is 1. The Labute approximate surface area is 114 Å². The molecule has 0 spiro atoms. The van der Waals surface area contributed by atoms with Crippen molar-refractivity contribution in [3.05, 3.63) is 35.9 Å². The van der Waals surface area contributed by atoms with Crippen LogP contribution in [0.2, 0.25) is 0 Å². The first-order valence-electron chi connectivity index (χ1n) is 6.00. The van der Waals surface area contributed by atoms with Gasteiger partial charge in [0.2, 0.25) is 0 Å². The van der Waals surface area contributed by atoms with Crippen molar-refractivity contribution >= 4 is 19.2 Å². The van der Waals surface area contributed by atoms with Crippen molar-refractivity contribution in [2.75, 3.05) is 0 Å². The highest BCUT2D eigenvalue weighted by Crippen LogP contribution is 2.64. The molecule has 1 unspecified atom stereocenters. The maximum Gasteiger partial charge on any atom is 0.353 e. The van der Waals surface area contributed by atoms with Crippen LogP contribution in [0.3, 0.4) is 0 Å². The molecule has 1 aromatic rings. The fourth-order valence-corrected chi connectivity index (χ4v) is 3.91. The summed E-state index contributed by atoms with van der Waals surface area (Å²) in [5.74, 6) is 0. The number of hydrogen-bond acceptors (Lipinski definition) is 3. The topological polar surface area (TPSA) is 35.5 Å². The van der Waals surface area contributed by atoms with E-state index in [2.05, 4.69) is 0 Å². The Morgan fingerprint density at radius 2 is 1.44 bits per heavy atom.